The van der Waals surface area contributed by atoms with Crippen LogP contribution in [0.25, 0.3) is 0 Å². The van der Waals surface area contributed by atoms with Gasteiger partial charge in [-0.25, -0.2) is 0 Å². The summed E-state index contributed by atoms with van der Waals surface area (Å²) in [6, 6.07) is 0.704. The van der Waals surface area contributed by atoms with Crippen LogP contribution in [0.4, 0.5) is 0 Å². The molecule has 1 fully saturated rings. The first kappa shape index (κ1) is 4.39. The summed E-state index contributed by atoms with van der Waals surface area (Å²) < 4.78 is 0. The first-order valence-corrected chi connectivity index (χ1v) is 3.10. The van der Waals surface area contributed by atoms with Gasteiger partial charge in [-0.2, -0.15) is 0 Å². The topological polar surface area (TPSA) is 24.1 Å². The predicted octanol–water partition coefficient (Wildman–Crippen LogP) is -0.309. The monoisotopic (exact) mass is 110 g/mol. The van der Waals surface area contributed by atoms with Crippen LogP contribution in [0.2, 0.25) is 0 Å². The lowest BCUT2D eigenvalue weighted by Gasteiger charge is -2.05. The average molecular weight is 110 g/mol. The van der Waals surface area contributed by atoms with Gasteiger partial charge in [0.1, 0.15) is 0 Å². The zero-order valence-electron chi connectivity index (χ0n) is 4.72. The lowest BCUT2D eigenvalue weighted by Crippen LogP contribution is -2.26. The van der Waals surface area contributed by atoms with E-state index in [9.17, 15) is 0 Å². The summed E-state index contributed by atoms with van der Waals surface area (Å²) in [4.78, 5) is 0. The minimum Gasteiger partial charge on any atom is -0.386 e. The van der Waals surface area contributed by atoms with Crippen molar-refractivity contribution in [1.82, 2.24) is 10.6 Å². The molecule has 0 saturated carbocycles. The fraction of sp³-hybridized carbons (Fsp3) is 0.667. The van der Waals surface area contributed by atoms with Gasteiger partial charge >= 0.3 is 0 Å². The van der Waals surface area contributed by atoms with Gasteiger partial charge in [0, 0.05) is 25.0 Å². The second-order valence-corrected chi connectivity index (χ2v) is 2.45. The predicted molar refractivity (Wildman–Crippen MR) is 32.4 cm³/mol. The Hall–Kier alpha value is -0.500. The number of hydrogen-bond acceptors (Lipinski definition) is 2. The summed E-state index contributed by atoms with van der Waals surface area (Å²) >= 11 is 0. The van der Waals surface area contributed by atoms with E-state index in [1.54, 1.807) is 0 Å². The molecule has 2 unspecified atom stereocenters. The van der Waals surface area contributed by atoms with Crippen LogP contribution >= 0.6 is 0 Å². The molecule has 0 aromatic heterocycles. The normalized spacial score (nSPS) is 42.0. The Balaban J connectivity index is 2.13. The molecule has 2 rings (SSSR count). The third kappa shape index (κ3) is 0.464. The summed E-state index contributed by atoms with van der Waals surface area (Å²) in [6.07, 6.45) is 4.31. The van der Waals surface area contributed by atoms with Crippen molar-refractivity contribution in [1.29, 1.82) is 0 Å². The highest BCUT2D eigenvalue weighted by Crippen LogP contribution is 2.14. The molecule has 2 heteroatoms. The Labute approximate surface area is 49.0 Å². The van der Waals surface area contributed by atoms with Crippen molar-refractivity contribution in [3.63, 3.8) is 0 Å². The molecule has 0 amide bonds. The molecule has 2 nitrogen and oxygen atoms in total. The largest absolute Gasteiger partial charge is 0.386 e. The molecule has 2 aliphatic rings. The summed E-state index contributed by atoms with van der Waals surface area (Å²) in [7, 11) is 0. The van der Waals surface area contributed by atoms with Crippen LogP contribution in [0.3, 0.4) is 0 Å². The molecule has 0 spiro atoms. The smallest absolute Gasteiger partial charge is 0.0455 e. The van der Waals surface area contributed by atoms with Crippen LogP contribution in [0.1, 0.15) is 0 Å². The van der Waals surface area contributed by atoms with E-state index in [-0.39, 0.29) is 0 Å². The van der Waals surface area contributed by atoms with Gasteiger partial charge in [-0.05, 0) is 6.20 Å². The molecule has 2 aliphatic heterocycles. The van der Waals surface area contributed by atoms with E-state index in [4.69, 9.17) is 0 Å². The average Bonchev–Trinajstić information content (AvgIpc) is 2.15. The lowest BCUT2D eigenvalue weighted by molar-refractivity contribution is 0.592. The van der Waals surface area contributed by atoms with Crippen LogP contribution in [0, 0.1) is 5.92 Å². The van der Waals surface area contributed by atoms with Crippen LogP contribution in [0.15, 0.2) is 12.3 Å². The number of fused-ring (bicyclic) bond motifs is 1. The second kappa shape index (κ2) is 1.49. The van der Waals surface area contributed by atoms with Crippen molar-refractivity contribution in [2.75, 3.05) is 13.1 Å². The van der Waals surface area contributed by atoms with Gasteiger partial charge in [0.2, 0.25) is 0 Å². The van der Waals surface area contributed by atoms with Gasteiger partial charge in [-0.1, -0.05) is 6.08 Å². The summed E-state index contributed by atoms with van der Waals surface area (Å²) in [5.41, 5.74) is 0. The molecule has 2 atom stereocenters. The Morgan fingerprint density at radius 1 is 1.38 bits per heavy atom. The third-order valence-electron chi connectivity index (χ3n) is 1.91. The van der Waals surface area contributed by atoms with E-state index < -0.39 is 0 Å². The van der Waals surface area contributed by atoms with E-state index >= 15 is 0 Å². The first-order chi connectivity index (χ1) is 3.97. The fourth-order valence-corrected chi connectivity index (χ4v) is 1.39. The Morgan fingerprint density at radius 2 is 2.38 bits per heavy atom. The summed E-state index contributed by atoms with van der Waals surface area (Å²) in [6.45, 7) is 2.30. The highest BCUT2D eigenvalue weighted by molar-refractivity contribution is 5.07. The van der Waals surface area contributed by atoms with Crippen LogP contribution in [0.5, 0.6) is 0 Å². The summed E-state index contributed by atoms with van der Waals surface area (Å²) in [5, 5.41) is 6.59. The van der Waals surface area contributed by atoms with Crippen molar-refractivity contribution in [2.24, 2.45) is 5.92 Å². The third-order valence-corrected chi connectivity index (χ3v) is 1.91. The molecule has 0 aromatic carbocycles. The quantitative estimate of drug-likeness (QED) is 0.447. The molecule has 0 aliphatic carbocycles. The highest BCUT2D eigenvalue weighted by Gasteiger charge is 2.26. The Morgan fingerprint density at radius 3 is 3.25 bits per heavy atom. The van der Waals surface area contributed by atoms with Crippen LogP contribution in [-0.2, 0) is 0 Å². The molecular weight excluding hydrogens is 100 g/mol. The Bertz CT molecular complexity index is 120. The maximum atomic E-state index is 3.31. The second-order valence-electron chi connectivity index (χ2n) is 2.45. The van der Waals surface area contributed by atoms with Gasteiger partial charge in [0.15, 0.2) is 0 Å². The lowest BCUT2D eigenvalue weighted by atomic mass is 10.1. The van der Waals surface area contributed by atoms with Crippen molar-refractivity contribution in [3.05, 3.63) is 12.3 Å². The molecule has 8 heavy (non-hydrogen) atoms. The van der Waals surface area contributed by atoms with Crippen LogP contribution < -0.4 is 10.6 Å². The zero-order valence-corrected chi connectivity index (χ0v) is 4.72. The van der Waals surface area contributed by atoms with Gasteiger partial charge < -0.3 is 10.6 Å². The maximum absolute atomic E-state index is 3.31. The van der Waals surface area contributed by atoms with E-state index in [0.29, 0.717) is 6.04 Å². The fourth-order valence-electron chi connectivity index (χ4n) is 1.39. The molecule has 2 N–H and O–H groups in total. The molecule has 0 aromatic rings. The van der Waals surface area contributed by atoms with Crippen molar-refractivity contribution in [3.8, 4) is 0 Å². The van der Waals surface area contributed by atoms with Crippen LogP contribution in [-0.4, -0.2) is 19.1 Å². The van der Waals surface area contributed by atoms with Crippen molar-refractivity contribution < 1.29 is 0 Å². The van der Waals surface area contributed by atoms with Gasteiger partial charge in [-0.3, -0.25) is 0 Å². The van der Waals surface area contributed by atoms with Crippen molar-refractivity contribution >= 4 is 0 Å². The Kier molecular flexibility index (Phi) is 0.815. The SMILES string of the molecule is C1=CC2CNCC2N1. The first-order valence-electron chi connectivity index (χ1n) is 3.10. The maximum Gasteiger partial charge on any atom is 0.0455 e. The van der Waals surface area contributed by atoms with E-state index in [1.165, 1.54) is 0 Å². The van der Waals surface area contributed by atoms with Gasteiger partial charge in [0.25, 0.3) is 0 Å². The molecular formula is C6H10N2. The van der Waals surface area contributed by atoms with E-state index in [2.05, 4.69) is 22.9 Å². The van der Waals surface area contributed by atoms with E-state index in [1.807, 2.05) is 0 Å². The molecule has 0 radical (unpaired) electrons. The minimum absolute atomic E-state index is 0.704. The molecule has 2 heterocycles. The standard InChI is InChI=1S/C6H10N2/c1-2-8-6-4-7-3-5(1)6/h1-2,5-8H,3-4H2. The van der Waals surface area contributed by atoms with Gasteiger partial charge in [0.05, 0.1) is 0 Å². The summed E-state index contributed by atoms with van der Waals surface area (Å²) in [5.74, 6) is 0.773. The number of nitrogens with one attached hydrogen (secondary N) is 2. The number of hydrogen-bond donors (Lipinski definition) is 2. The minimum atomic E-state index is 0.704. The number of rotatable bonds is 0. The van der Waals surface area contributed by atoms with Crippen molar-refractivity contribution in [2.45, 2.75) is 6.04 Å². The highest BCUT2D eigenvalue weighted by atomic mass is 15.0. The molecule has 1 saturated heterocycles. The van der Waals surface area contributed by atoms with E-state index in [0.717, 1.165) is 19.0 Å². The molecule has 0 bridgehead atoms. The molecule has 44 valence electrons. The van der Waals surface area contributed by atoms with Gasteiger partial charge in [-0.15, -0.1) is 0 Å². The zero-order chi connectivity index (χ0) is 5.40.